The Morgan fingerprint density at radius 3 is 1.88 bits per heavy atom. The Morgan fingerprint density at radius 1 is 0.605 bits per heavy atom. The quantitative estimate of drug-likeness (QED) is 0.202. The first-order valence-electron chi connectivity index (χ1n) is 14.3. The minimum absolute atomic E-state index is 0.00145. The second-order valence-corrected chi connectivity index (χ2v) is 12.0. The minimum atomic E-state index is -0.159. The van der Waals surface area contributed by atoms with E-state index in [1.54, 1.807) is 42.7 Å². The van der Waals surface area contributed by atoms with Crippen molar-refractivity contribution in [2.75, 3.05) is 0 Å². The zero-order chi connectivity index (χ0) is 29.5. The fourth-order valence-corrected chi connectivity index (χ4v) is 6.22. The average molecular weight is 559 g/mol. The van der Waals surface area contributed by atoms with Crippen molar-refractivity contribution in [3.63, 3.8) is 0 Å². The first kappa shape index (κ1) is 25.2. The second kappa shape index (κ2) is 9.00. The van der Waals surface area contributed by atoms with Crippen LogP contribution in [-0.4, -0.2) is 31.1 Å². The van der Waals surface area contributed by atoms with Gasteiger partial charge in [0.25, 0.3) is 0 Å². The fraction of sp³-hybridized carbons (Fsp3) is 0.108. The lowest BCUT2D eigenvalue weighted by Gasteiger charge is -2.20. The number of nitrogens with zero attached hydrogens (tertiary/aromatic N) is 4. The number of hydrogen-bond acceptors (Lipinski definition) is 5. The first-order chi connectivity index (χ1) is 20.8. The molecule has 7 aromatic rings. The van der Waals surface area contributed by atoms with E-state index in [4.69, 9.17) is 9.97 Å². The number of ketones is 2. The highest BCUT2D eigenvalue weighted by Gasteiger charge is 2.30. The summed E-state index contributed by atoms with van der Waals surface area (Å²) >= 11 is 0. The molecule has 206 valence electrons. The second-order valence-electron chi connectivity index (χ2n) is 12.0. The smallest absolute Gasteiger partial charge is 0.194 e. The minimum Gasteiger partial charge on any atom is -0.292 e. The van der Waals surface area contributed by atoms with Crippen molar-refractivity contribution in [3.8, 4) is 17.1 Å². The van der Waals surface area contributed by atoms with Crippen molar-refractivity contribution < 1.29 is 9.59 Å². The monoisotopic (exact) mass is 558 g/mol. The molecular formula is C37H26N4O2. The average Bonchev–Trinajstić information content (AvgIpc) is 3.44. The number of fused-ring (bicyclic) bond motifs is 8. The van der Waals surface area contributed by atoms with Gasteiger partial charge in [-0.2, -0.15) is 0 Å². The number of benzene rings is 4. The van der Waals surface area contributed by atoms with Crippen LogP contribution in [0.3, 0.4) is 0 Å². The molecule has 0 bridgehead atoms. The van der Waals surface area contributed by atoms with Gasteiger partial charge in [0.15, 0.2) is 11.6 Å². The molecule has 0 spiro atoms. The van der Waals surface area contributed by atoms with Gasteiger partial charge in [-0.25, -0.2) is 4.98 Å². The van der Waals surface area contributed by atoms with Gasteiger partial charge in [0.05, 0.1) is 22.1 Å². The Hall–Kier alpha value is -5.49. The van der Waals surface area contributed by atoms with Crippen LogP contribution in [-0.2, 0) is 5.41 Å². The lowest BCUT2D eigenvalue weighted by Crippen LogP contribution is -2.20. The van der Waals surface area contributed by atoms with Crippen molar-refractivity contribution in [1.29, 1.82) is 0 Å². The van der Waals surface area contributed by atoms with Crippen molar-refractivity contribution in [1.82, 2.24) is 19.5 Å². The van der Waals surface area contributed by atoms with E-state index in [1.807, 2.05) is 30.3 Å². The van der Waals surface area contributed by atoms with E-state index in [2.05, 4.69) is 60.7 Å². The Balaban J connectivity index is 1.46. The molecule has 0 amide bonds. The zero-order valence-electron chi connectivity index (χ0n) is 23.9. The SMILES string of the molecule is CC(C)(C)c1ccc(-n2c(-c3ccc4c(c3)C(=O)c3ccccc3C4=O)nc3c4cccnc4c4ncccc4c32)cc1. The number of rotatable bonds is 2. The maximum Gasteiger partial charge on any atom is 0.194 e. The van der Waals surface area contributed by atoms with Gasteiger partial charge >= 0.3 is 0 Å². The Morgan fingerprint density at radius 2 is 1.21 bits per heavy atom. The van der Waals surface area contributed by atoms with E-state index < -0.39 is 0 Å². The summed E-state index contributed by atoms with van der Waals surface area (Å²) < 4.78 is 2.14. The Labute approximate surface area is 247 Å². The molecule has 0 N–H and O–H groups in total. The molecule has 0 unspecified atom stereocenters. The molecule has 43 heavy (non-hydrogen) atoms. The standard InChI is InChI=1S/C37H26N4O2/c1-37(2,3)22-13-15-23(16-14-22)41-33-28-11-7-19-39-31(28)30-27(10-6-18-38-30)32(33)40-36(41)21-12-17-26-29(20-21)35(43)25-9-5-4-8-24(25)34(26)42/h4-20H,1-3H3. The highest BCUT2D eigenvalue weighted by atomic mass is 16.1. The number of imidazole rings is 1. The predicted molar refractivity (Wildman–Crippen MR) is 169 cm³/mol. The highest BCUT2D eigenvalue weighted by Crippen LogP contribution is 2.39. The number of aromatic nitrogens is 4. The first-order valence-corrected chi connectivity index (χ1v) is 14.3. The van der Waals surface area contributed by atoms with Crippen LogP contribution < -0.4 is 0 Å². The molecule has 6 heteroatoms. The molecular weight excluding hydrogens is 532 g/mol. The van der Waals surface area contributed by atoms with E-state index in [9.17, 15) is 9.59 Å². The normalized spacial score (nSPS) is 13.1. The van der Waals surface area contributed by atoms with Crippen LogP contribution in [0.4, 0.5) is 0 Å². The largest absolute Gasteiger partial charge is 0.292 e. The summed E-state index contributed by atoms with van der Waals surface area (Å²) in [6.07, 6.45) is 3.56. The molecule has 0 aliphatic heterocycles. The lowest BCUT2D eigenvalue weighted by atomic mass is 9.83. The van der Waals surface area contributed by atoms with Gasteiger partial charge in [-0.15, -0.1) is 0 Å². The van der Waals surface area contributed by atoms with Crippen LogP contribution in [0.5, 0.6) is 0 Å². The van der Waals surface area contributed by atoms with Gasteiger partial charge in [-0.05, 0) is 59.5 Å². The molecule has 0 saturated carbocycles. The molecule has 1 aliphatic rings. The van der Waals surface area contributed by atoms with Crippen LogP contribution in [0.1, 0.15) is 58.2 Å². The van der Waals surface area contributed by atoms with Gasteiger partial charge in [0.1, 0.15) is 5.82 Å². The van der Waals surface area contributed by atoms with Gasteiger partial charge in [-0.3, -0.25) is 24.1 Å². The third-order valence-corrected chi connectivity index (χ3v) is 8.40. The zero-order valence-corrected chi connectivity index (χ0v) is 23.9. The van der Waals surface area contributed by atoms with Crippen LogP contribution in [0.25, 0.3) is 49.9 Å². The van der Waals surface area contributed by atoms with Gasteiger partial charge in [0.2, 0.25) is 0 Å². The number of hydrogen-bond donors (Lipinski definition) is 0. The van der Waals surface area contributed by atoms with Gasteiger partial charge in [-0.1, -0.05) is 63.2 Å². The van der Waals surface area contributed by atoms with E-state index in [-0.39, 0.29) is 17.0 Å². The summed E-state index contributed by atoms with van der Waals surface area (Å²) in [6.45, 7) is 6.59. The van der Waals surface area contributed by atoms with Crippen molar-refractivity contribution >= 4 is 44.4 Å². The van der Waals surface area contributed by atoms with Crippen LogP contribution in [0.2, 0.25) is 0 Å². The summed E-state index contributed by atoms with van der Waals surface area (Å²) in [5.74, 6) is 0.368. The molecule has 8 rings (SSSR count). The molecule has 4 aromatic carbocycles. The Kier molecular flexibility index (Phi) is 5.28. The van der Waals surface area contributed by atoms with Crippen molar-refractivity contribution in [2.45, 2.75) is 26.2 Å². The number of pyridine rings is 2. The van der Waals surface area contributed by atoms with E-state index in [0.717, 1.165) is 44.1 Å². The van der Waals surface area contributed by atoms with E-state index >= 15 is 0 Å². The van der Waals surface area contributed by atoms with Gasteiger partial charge in [0, 0.05) is 56.7 Å². The summed E-state index contributed by atoms with van der Waals surface area (Å²) in [6, 6.07) is 28.9. The van der Waals surface area contributed by atoms with Crippen molar-refractivity contribution in [2.24, 2.45) is 0 Å². The summed E-state index contributed by atoms with van der Waals surface area (Å²) in [5.41, 5.74) is 7.85. The van der Waals surface area contributed by atoms with Crippen LogP contribution in [0, 0.1) is 0 Å². The van der Waals surface area contributed by atoms with E-state index in [1.165, 1.54) is 5.56 Å². The maximum atomic E-state index is 13.6. The third kappa shape index (κ3) is 3.69. The molecule has 6 nitrogen and oxygen atoms in total. The molecule has 3 heterocycles. The number of carbonyl (C=O) groups excluding carboxylic acids is 2. The van der Waals surface area contributed by atoms with Gasteiger partial charge < -0.3 is 0 Å². The lowest BCUT2D eigenvalue weighted by molar-refractivity contribution is 0.0979. The van der Waals surface area contributed by atoms with E-state index in [0.29, 0.717) is 28.1 Å². The molecule has 1 aliphatic carbocycles. The predicted octanol–water partition coefficient (Wildman–Crippen LogP) is 7.86. The topological polar surface area (TPSA) is 77.7 Å². The fourth-order valence-electron chi connectivity index (χ4n) is 6.22. The molecule has 3 aromatic heterocycles. The summed E-state index contributed by atoms with van der Waals surface area (Å²) in [5, 5.41) is 1.83. The summed E-state index contributed by atoms with van der Waals surface area (Å²) in [4.78, 5) is 41.7. The molecule has 0 radical (unpaired) electrons. The molecule has 0 saturated heterocycles. The third-order valence-electron chi connectivity index (χ3n) is 8.40. The summed E-state index contributed by atoms with van der Waals surface area (Å²) in [7, 11) is 0. The maximum absolute atomic E-state index is 13.6. The van der Waals surface area contributed by atoms with Crippen molar-refractivity contribution in [3.05, 3.63) is 131 Å². The van der Waals surface area contributed by atoms with Crippen LogP contribution >= 0.6 is 0 Å². The Bertz CT molecular complexity index is 2310. The molecule has 0 atom stereocenters. The van der Waals surface area contributed by atoms with Crippen LogP contribution in [0.15, 0.2) is 103 Å². The highest BCUT2D eigenvalue weighted by molar-refractivity contribution is 6.28. The molecule has 0 fully saturated rings. The number of carbonyl (C=O) groups is 2.